The molecule has 0 aromatic carbocycles. The van der Waals surface area contributed by atoms with Crippen molar-refractivity contribution in [2.75, 3.05) is 5.73 Å². The molecule has 0 aliphatic rings. The second-order valence-corrected chi connectivity index (χ2v) is 19.8. The maximum atomic E-state index is 5.66. The number of aromatic nitrogens is 2. The van der Waals surface area contributed by atoms with Gasteiger partial charge in [0.2, 0.25) is 0 Å². The lowest BCUT2D eigenvalue weighted by molar-refractivity contribution is 0.764. The molecule has 0 atom stereocenters. The van der Waals surface area contributed by atoms with Gasteiger partial charge in [0, 0.05) is 13.2 Å². The van der Waals surface area contributed by atoms with Gasteiger partial charge in [0.25, 0.3) is 0 Å². The molecule has 7 heteroatoms. The number of anilines is 1. The second kappa shape index (κ2) is 5.63. The fourth-order valence-electron chi connectivity index (χ4n) is 0.710. The molecule has 1 aromatic rings. The minimum absolute atomic E-state index is 0.0919. The number of hydrogen-bond donors (Lipinski definition) is 1. The summed E-state index contributed by atoms with van der Waals surface area (Å²) < 4.78 is 1.58. The third-order valence-corrected chi connectivity index (χ3v) is 5.71. The standard InChI is InChI=1S/C6H6I2N3PS/c1-11-4-5(9)6(10-11)2-3-13-12(7)8/h4H,9H2,1H3. The molecule has 0 saturated carbocycles. The molecule has 0 radical (unpaired) electrons. The van der Waals surface area contributed by atoms with Crippen LogP contribution in [0.4, 0.5) is 5.69 Å². The van der Waals surface area contributed by atoms with Crippen LogP contribution in [0.15, 0.2) is 6.20 Å². The number of hydrogen-bond acceptors (Lipinski definition) is 3. The average Bonchev–Trinajstić information content (AvgIpc) is 2.29. The van der Waals surface area contributed by atoms with Gasteiger partial charge in [0.05, 0.1) is 8.10 Å². The van der Waals surface area contributed by atoms with Crippen molar-refractivity contribution in [3.8, 4) is 11.2 Å². The van der Waals surface area contributed by atoms with Crippen molar-refractivity contribution in [1.29, 1.82) is 0 Å². The zero-order valence-corrected chi connectivity index (χ0v) is 12.7. The Morgan fingerprint density at radius 1 is 1.69 bits per heavy atom. The summed E-state index contributed by atoms with van der Waals surface area (Å²) in [7, 11) is 1.83. The van der Waals surface area contributed by atoms with Crippen molar-refractivity contribution in [2.24, 2.45) is 7.05 Å². The molecule has 0 unspecified atom stereocenters. The first kappa shape index (κ1) is 11.9. The smallest absolute Gasteiger partial charge is 0.159 e. The Hall–Kier alpha value is 0.810. The zero-order chi connectivity index (χ0) is 9.84. The first-order valence-electron chi connectivity index (χ1n) is 3.18. The van der Waals surface area contributed by atoms with Gasteiger partial charge >= 0.3 is 0 Å². The Balaban J connectivity index is 2.71. The highest BCUT2D eigenvalue weighted by Gasteiger charge is 1.99. The van der Waals surface area contributed by atoms with Crippen LogP contribution in [0.3, 0.4) is 0 Å². The Bertz CT molecular complexity index is 354. The van der Waals surface area contributed by atoms with E-state index in [2.05, 4.69) is 60.4 Å². The van der Waals surface area contributed by atoms with Crippen LogP contribution in [0.2, 0.25) is 0 Å². The lowest BCUT2D eigenvalue weighted by atomic mass is 10.4. The van der Waals surface area contributed by atoms with Gasteiger partial charge in [-0.2, -0.15) is 5.10 Å². The number of rotatable bonds is 1. The summed E-state index contributed by atoms with van der Waals surface area (Å²) in [5.41, 5.74) is 6.97. The van der Waals surface area contributed by atoms with Crippen LogP contribution in [-0.2, 0) is 7.05 Å². The minimum atomic E-state index is -0.0919. The van der Waals surface area contributed by atoms with Crippen LogP contribution in [0.1, 0.15) is 5.69 Å². The third kappa shape index (κ3) is 4.23. The van der Waals surface area contributed by atoms with E-state index in [-0.39, 0.29) is 2.41 Å². The van der Waals surface area contributed by atoms with E-state index in [1.165, 1.54) is 0 Å². The van der Waals surface area contributed by atoms with Gasteiger partial charge in [-0.3, -0.25) is 4.68 Å². The van der Waals surface area contributed by atoms with Crippen LogP contribution in [0, 0.1) is 11.2 Å². The van der Waals surface area contributed by atoms with Gasteiger partial charge in [-0.1, -0.05) is 0 Å². The van der Waals surface area contributed by atoms with Gasteiger partial charge < -0.3 is 5.73 Å². The molecule has 0 fully saturated rings. The molecule has 0 saturated heterocycles. The topological polar surface area (TPSA) is 43.8 Å². The highest BCUT2D eigenvalue weighted by molar-refractivity contribution is 14.3. The Labute approximate surface area is 108 Å². The molecule has 3 nitrogen and oxygen atoms in total. The van der Waals surface area contributed by atoms with Crippen molar-refractivity contribution in [2.45, 2.75) is 0 Å². The first-order chi connectivity index (χ1) is 6.09. The van der Waals surface area contributed by atoms with Crippen LogP contribution in [0.25, 0.3) is 0 Å². The van der Waals surface area contributed by atoms with E-state index in [1.54, 1.807) is 22.3 Å². The quantitative estimate of drug-likeness (QED) is 0.418. The summed E-state index contributed by atoms with van der Waals surface area (Å²) in [6, 6.07) is 0. The summed E-state index contributed by atoms with van der Waals surface area (Å²) in [5, 5.41) is 7.09. The lowest BCUT2D eigenvalue weighted by Gasteiger charge is -1.87. The maximum absolute atomic E-state index is 5.66. The number of aryl methyl sites for hydroxylation is 1. The monoisotopic (exact) mass is 437 g/mol. The van der Waals surface area contributed by atoms with Crippen LogP contribution >= 0.6 is 57.9 Å². The van der Waals surface area contributed by atoms with Crippen molar-refractivity contribution in [3.63, 3.8) is 0 Å². The van der Waals surface area contributed by atoms with Crippen LogP contribution < -0.4 is 5.73 Å². The number of nitrogens with zero attached hydrogens (tertiary/aromatic N) is 2. The predicted octanol–water partition coefficient (Wildman–Crippen LogP) is 3.14. The van der Waals surface area contributed by atoms with Gasteiger partial charge in [-0.15, -0.1) is 0 Å². The molecular formula is C6H6I2N3PS. The van der Waals surface area contributed by atoms with Crippen molar-refractivity contribution in [3.05, 3.63) is 11.9 Å². The SMILES string of the molecule is Cn1cc(N)c(C#CSP(I)I)n1. The lowest BCUT2D eigenvalue weighted by Crippen LogP contribution is -1.87. The molecule has 1 aromatic heterocycles. The van der Waals surface area contributed by atoms with E-state index in [0.29, 0.717) is 11.4 Å². The zero-order valence-electron chi connectivity index (χ0n) is 6.66. The highest BCUT2D eigenvalue weighted by atomic mass is 127. The molecule has 13 heavy (non-hydrogen) atoms. The van der Waals surface area contributed by atoms with E-state index in [0.717, 1.165) is 0 Å². The Morgan fingerprint density at radius 2 is 2.38 bits per heavy atom. The average molecular weight is 437 g/mol. The van der Waals surface area contributed by atoms with E-state index in [4.69, 9.17) is 5.73 Å². The van der Waals surface area contributed by atoms with Crippen molar-refractivity contribution < 1.29 is 0 Å². The van der Waals surface area contributed by atoms with Gasteiger partial charge in [-0.25, -0.2) is 0 Å². The van der Waals surface area contributed by atoms with E-state index >= 15 is 0 Å². The molecule has 0 amide bonds. The van der Waals surface area contributed by atoms with Crippen LogP contribution in [-0.4, -0.2) is 9.78 Å². The minimum Gasteiger partial charge on any atom is -0.395 e. The summed E-state index contributed by atoms with van der Waals surface area (Å²) in [6.07, 6.45) is 1.76. The third-order valence-electron chi connectivity index (χ3n) is 1.14. The molecule has 0 spiro atoms. The Morgan fingerprint density at radius 3 is 2.85 bits per heavy atom. The number of nitrogens with two attached hydrogens (primary N) is 1. The first-order valence-corrected chi connectivity index (χ1v) is 11.5. The van der Waals surface area contributed by atoms with Crippen molar-refractivity contribution in [1.82, 2.24) is 9.78 Å². The molecule has 0 aliphatic carbocycles. The highest BCUT2D eigenvalue weighted by Crippen LogP contribution is 2.64. The largest absolute Gasteiger partial charge is 0.395 e. The summed E-state index contributed by atoms with van der Waals surface area (Å²) in [5.74, 6) is 2.93. The van der Waals surface area contributed by atoms with Crippen molar-refractivity contribution >= 4 is 63.6 Å². The maximum Gasteiger partial charge on any atom is 0.159 e. The van der Waals surface area contributed by atoms with Gasteiger partial charge in [-0.05, 0) is 66.6 Å². The summed E-state index contributed by atoms with van der Waals surface area (Å²) >= 11 is 6.32. The molecule has 1 heterocycles. The van der Waals surface area contributed by atoms with E-state index in [1.807, 2.05) is 7.05 Å². The molecule has 1 rings (SSSR count). The molecule has 2 N–H and O–H groups in total. The van der Waals surface area contributed by atoms with Gasteiger partial charge in [0.1, 0.15) is 0 Å². The van der Waals surface area contributed by atoms with E-state index < -0.39 is 0 Å². The molecule has 0 bridgehead atoms. The van der Waals surface area contributed by atoms with Crippen LogP contribution in [0.5, 0.6) is 0 Å². The molecular weight excluding hydrogens is 431 g/mol. The molecule has 70 valence electrons. The predicted molar refractivity (Wildman–Crippen MR) is 77.0 cm³/mol. The fourth-order valence-corrected chi connectivity index (χ4v) is 3.04. The second-order valence-electron chi connectivity index (χ2n) is 2.13. The summed E-state index contributed by atoms with van der Waals surface area (Å²) in [4.78, 5) is 0. The van der Waals surface area contributed by atoms with Gasteiger partial charge in [0.15, 0.2) is 5.69 Å². The normalized spacial score (nSPS) is 9.85. The number of nitrogen functional groups attached to an aromatic ring is 1. The number of halogens is 2. The summed E-state index contributed by atoms with van der Waals surface area (Å²) in [6.45, 7) is 0. The Kier molecular flexibility index (Phi) is 5.15. The fraction of sp³-hybridized carbons (Fsp3) is 0.167. The van der Waals surface area contributed by atoms with E-state index in [9.17, 15) is 0 Å². The molecule has 0 aliphatic heterocycles.